The van der Waals surface area contributed by atoms with Crippen LogP contribution in [0.4, 0.5) is 24.2 Å². The van der Waals surface area contributed by atoms with Crippen LogP contribution in [0.2, 0.25) is 0 Å². The van der Waals surface area contributed by atoms with Gasteiger partial charge in [-0.1, -0.05) is 0 Å². The van der Waals surface area contributed by atoms with Gasteiger partial charge in [-0.05, 0) is 47.6 Å². The van der Waals surface area contributed by atoms with Gasteiger partial charge in [0.1, 0.15) is 29.7 Å². The van der Waals surface area contributed by atoms with E-state index in [0.717, 1.165) is 12.3 Å². The number of rotatable bonds is 4. The molecule has 1 aromatic rings. The van der Waals surface area contributed by atoms with Crippen LogP contribution in [-0.2, 0) is 23.7 Å². The van der Waals surface area contributed by atoms with Crippen molar-refractivity contribution in [1.82, 2.24) is 9.55 Å². The van der Waals surface area contributed by atoms with E-state index in [1.807, 2.05) is 0 Å². The van der Waals surface area contributed by atoms with Crippen molar-refractivity contribution in [2.75, 3.05) is 12.3 Å². The summed E-state index contributed by atoms with van der Waals surface area (Å²) in [7, 11) is 0. The highest BCUT2D eigenvalue weighted by atomic mass is 19.3. The van der Waals surface area contributed by atoms with Crippen molar-refractivity contribution in [2.45, 2.75) is 77.1 Å². The number of carbonyl (C=O) groups excluding carboxylic acids is 2. The maximum atomic E-state index is 15.2. The molecule has 32 heavy (non-hydrogen) atoms. The first-order valence-corrected chi connectivity index (χ1v) is 9.63. The van der Waals surface area contributed by atoms with Gasteiger partial charge in [-0.3, -0.25) is 4.57 Å². The number of hydrogen-bond donors (Lipinski definition) is 1. The van der Waals surface area contributed by atoms with Gasteiger partial charge in [-0.2, -0.15) is 13.8 Å². The van der Waals surface area contributed by atoms with Crippen molar-refractivity contribution in [2.24, 2.45) is 0 Å². The number of carbonyl (C=O) groups is 2. The van der Waals surface area contributed by atoms with E-state index in [1.54, 1.807) is 20.8 Å². The number of ether oxygens (including phenoxy) is 5. The predicted octanol–water partition coefficient (Wildman–Crippen LogP) is 2.63. The van der Waals surface area contributed by atoms with Crippen molar-refractivity contribution >= 4 is 18.1 Å². The minimum absolute atomic E-state index is 0.182. The van der Waals surface area contributed by atoms with E-state index in [-0.39, 0.29) is 5.82 Å². The summed E-state index contributed by atoms with van der Waals surface area (Å²) in [5.41, 5.74) is 2.37. The first-order valence-electron chi connectivity index (χ1n) is 9.63. The van der Waals surface area contributed by atoms with Crippen LogP contribution in [0, 0.1) is 0 Å². The summed E-state index contributed by atoms with van der Waals surface area (Å²) in [5.74, 6) is -4.11. The van der Waals surface area contributed by atoms with Crippen LogP contribution in [0.5, 0.6) is 0 Å². The summed E-state index contributed by atoms with van der Waals surface area (Å²) >= 11 is 0. The second-order valence-electron chi connectivity index (χ2n) is 9.02. The van der Waals surface area contributed by atoms with Crippen LogP contribution in [0.3, 0.4) is 0 Å². The largest absolute Gasteiger partial charge is 0.509 e. The molecule has 3 unspecified atom stereocenters. The standard InChI is InChI=1S/C19H27F2N3O8/c1-17(2,3)31-15(26)28-9-10-12(30-16(27)32-18(4,5)6)19(20,21)13(29-10)24-8-7-11(22)23-14(24)25/h7-8,10,12-13H,9H2,1-6H3,(H2,22,23,25). The Morgan fingerprint density at radius 1 is 1.16 bits per heavy atom. The maximum absolute atomic E-state index is 15.2. The number of nitrogens with zero attached hydrogens (tertiary/aromatic N) is 2. The lowest BCUT2D eigenvalue weighted by atomic mass is 10.1. The number of nitrogens with two attached hydrogens (primary N) is 1. The maximum Gasteiger partial charge on any atom is 0.509 e. The molecule has 11 nitrogen and oxygen atoms in total. The lowest BCUT2D eigenvalue weighted by Gasteiger charge is -2.26. The molecule has 13 heteroatoms. The lowest BCUT2D eigenvalue weighted by Crippen LogP contribution is -2.45. The monoisotopic (exact) mass is 463 g/mol. The van der Waals surface area contributed by atoms with Crippen molar-refractivity contribution < 1.29 is 42.1 Å². The number of halogens is 2. The van der Waals surface area contributed by atoms with Crippen LogP contribution in [-0.4, -0.2) is 57.8 Å². The van der Waals surface area contributed by atoms with Crippen molar-refractivity contribution in [3.05, 3.63) is 22.7 Å². The molecule has 0 saturated carbocycles. The number of nitrogen functional groups attached to an aromatic ring is 1. The third-order valence-electron chi connectivity index (χ3n) is 3.82. The number of alkyl halides is 2. The van der Waals surface area contributed by atoms with Crippen molar-refractivity contribution in [3.63, 3.8) is 0 Å². The van der Waals surface area contributed by atoms with Gasteiger partial charge < -0.3 is 29.4 Å². The number of hydrogen-bond acceptors (Lipinski definition) is 10. The molecule has 2 heterocycles. The van der Waals surface area contributed by atoms with E-state index in [0.29, 0.717) is 4.57 Å². The summed E-state index contributed by atoms with van der Waals surface area (Å²) in [6.07, 6.45) is -7.70. The van der Waals surface area contributed by atoms with Crippen LogP contribution in [0.1, 0.15) is 47.8 Å². The van der Waals surface area contributed by atoms with Gasteiger partial charge in [0.2, 0.25) is 12.3 Å². The molecule has 1 fully saturated rings. The quantitative estimate of drug-likeness (QED) is 0.662. The summed E-state index contributed by atoms with van der Waals surface area (Å²) < 4.78 is 55.8. The first-order chi connectivity index (χ1) is 14.5. The normalized spacial score (nSPS) is 22.8. The van der Waals surface area contributed by atoms with E-state index in [4.69, 9.17) is 29.4 Å². The van der Waals surface area contributed by atoms with E-state index in [1.165, 1.54) is 20.8 Å². The van der Waals surface area contributed by atoms with Crippen LogP contribution >= 0.6 is 0 Å². The lowest BCUT2D eigenvalue weighted by molar-refractivity contribution is -0.149. The molecular weight excluding hydrogens is 436 g/mol. The van der Waals surface area contributed by atoms with Gasteiger partial charge in [-0.25, -0.2) is 14.4 Å². The zero-order valence-electron chi connectivity index (χ0n) is 18.6. The molecule has 1 aromatic heterocycles. The second-order valence-corrected chi connectivity index (χ2v) is 9.02. The highest BCUT2D eigenvalue weighted by molar-refractivity contribution is 5.61. The van der Waals surface area contributed by atoms with Gasteiger partial charge in [0.05, 0.1) is 0 Å². The zero-order valence-corrected chi connectivity index (χ0v) is 18.6. The van der Waals surface area contributed by atoms with Crippen LogP contribution in [0.15, 0.2) is 17.1 Å². The molecule has 3 atom stereocenters. The predicted molar refractivity (Wildman–Crippen MR) is 105 cm³/mol. The Bertz CT molecular complexity index is 907. The van der Waals surface area contributed by atoms with Crippen LogP contribution < -0.4 is 11.4 Å². The van der Waals surface area contributed by atoms with Crippen molar-refractivity contribution in [3.8, 4) is 0 Å². The van der Waals surface area contributed by atoms with E-state index in [9.17, 15) is 14.4 Å². The van der Waals surface area contributed by atoms with Gasteiger partial charge >= 0.3 is 23.9 Å². The molecule has 1 aliphatic heterocycles. The molecular formula is C19H27F2N3O8. The molecule has 0 radical (unpaired) electrons. The topological polar surface area (TPSA) is 141 Å². The average Bonchev–Trinajstić information content (AvgIpc) is 2.81. The molecule has 1 aliphatic rings. The van der Waals surface area contributed by atoms with Gasteiger partial charge in [0.25, 0.3) is 0 Å². The molecule has 2 rings (SSSR count). The van der Waals surface area contributed by atoms with Gasteiger partial charge in [0, 0.05) is 6.20 Å². The Kier molecular flexibility index (Phi) is 7.02. The average molecular weight is 463 g/mol. The highest BCUT2D eigenvalue weighted by Crippen LogP contribution is 2.44. The first kappa shape index (κ1) is 25.3. The van der Waals surface area contributed by atoms with E-state index >= 15 is 8.78 Å². The van der Waals surface area contributed by atoms with E-state index in [2.05, 4.69) is 4.98 Å². The molecule has 2 N–H and O–H groups in total. The summed E-state index contributed by atoms with van der Waals surface area (Å²) in [6.45, 7) is 8.54. The molecule has 0 bridgehead atoms. The Morgan fingerprint density at radius 2 is 1.72 bits per heavy atom. The molecule has 180 valence electrons. The third kappa shape index (κ3) is 6.52. The molecule has 0 amide bonds. The van der Waals surface area contributed by atoms with Gasteiger partial charge in [0.15, 0.2) is 0 Å². The van der Waals surface area contributed by atoms with Crippen molar-refractivity contribution in [1.29, 1.82) is 0 Å². The minimum atomic E-state index is -3.93. The fourth-order valence-electron chi connectivity index (χ4n) is 2.66. The van der Waals surface area contributed by atoms with Crippen LogP contribution in [0.25, 0.3) is 0 Å². The Labute approximate surface area is 182 Å². The highest BCUT2D eigenvalue weighted by Gasteiger charge is 2.63. The summed E-state index contributed by atoms with van der Waals surface area (Å²) in [6, 6.07) is 1.12. The Balaban J connectivity index is 2.29. The van der Waals surface area contributed by atoms with Gasteiger partial charge in [-0.15, -0.1) is 0 Å². The summed E-state index contributed by atoms with van der Waals surface area (Å²) in [5, 5.41) is 0. The summed E-state index contributed by atoms with van der Waals surface area (Å²) in [4.78, 5) is 39.4. The number of aromatic nitrogens is 2. The smallest absolute Gasteiger partial charge is 0.431 e. The fourth-order valence-corrected chi connectivity index (χ4v) is 2.66. The Morgan fingerprint density at radius 3 is 2.25 bits per heavy atom. The SMILES string of the molecule is CC(C)(C)OC(=O)OCC1OC(n2ccc(N)nc2=O)C(F)(F)C1OC(=O)OC(C)(C)C. The fraction of sp³-hybridized carbons (Fsp3) is 0.684. The minimum Gasteiger partial charge on any atom is -0.431 e. The third-order valence-corrected chi connectivity index (χ3v) is 3.82. The number of anilines is 1. The second kappa shape index (κ2) is 8.88. The molecule has 1 saturated heterocycles. The van der Waals surface area contributed by atoms with E-state index < -0.39 is 60.2 Å². The molecule has 0 aromatic carbocycles. The molecule has 0 spiro atoms. The molecule has 0 aliphatic carbocycles. The zero-order chi connectivity index (χ0) is 24.5. The Hall–Kier alpha value is -2.96.